The van der Waals surface area contributed by atoms with Crippen LogP contribution >= 0.6 is 0 Å². The number of carbonyl (C=O) groups is 2. The first kappa shape index (κ1) is 19.9. The molecule has 9 heteroatoms. The number of nitro groups is 1. The fraction of sp³-hybridized carbons (Fsp3) is 0.200. The van der Waals surface area contributed by atoms with E-state index in [1.807, 2.05) is 6.92 Å². The van der Waals surface area contributed by atoms with Gasteiger partial charge < -0.3 is 20.7 Å². The van der Waals surface area contributed by atoms with Gasteiger partial charge in [-0.15, -0.1) is 0 Å². The molecule has 1 fully saturated rings. The Kier molecular flexibility index (Phi) is 5.77. The van der Waals surface area contributed by atoms with Crippen LogP contribution in [-0.2, 0) is 4.79 Å². The highest BCUT2D eigenvalue weighted by atomic mass is 16.6. The number of urea groups is 1. The lowest BCUT2D eigenvalue weighted by Crippen LogP contribution is -2.51. The van der Waals surface area contributed by atoms with Gasteiger partial charge in [0.25, 0.3) is 5.69 Å². The van der Waals surface area contributed by atoms with Crippen molar-refractivity contribution in [1.82, 2.24) is 10.6 Å². The lowest BCUT2D eigenvalue weighted by molar-refractivity contribution is -0.384. The second-order valence-electron chi connectivity index (χ2n) is 6.35. The molecule has 3 rings (SSSR count). The number of rotatable bonds is 6. The Balaban J connectivity index is 1.93. The van der Waals surface area contributed by atoms with E-state index in [1.165, 1.54) is 18.2 Å². The number of nitrogens with zero attached hydrogens (tertiary/aromatic N) is 1. The number of para-hydroxylation sites is 2. The number of hydrogen-bond donors (Lipinski definition) is 3. The molecule has 1 saturated heterocycles. The van der Waals surface area contributed by atoms with Crippen LogP contribution in [0, 0.1) is 16.0 Å². The summed E-state index contributed by atoms with van der Waals surface area (Å²) in [6.07, 6.45) is 0. The predicted octanol–water partition coefficient (Wildman–Crippen LogP) is 3.12. The van der Waals surface area contributed by atoms with Gasteiger partial charge in [0.15, 0.2) is 0 Å². The van der Waals surface area contributed by atoms with E-state index in [-0.39, 0.29) is 11.4 Å². The first-order chi connectivity index (χ1) is 13.9. The standard InChI is InChI=1S/C20H20N4O5/c1-3-29-16-10-5-4-9-15(16)22-19(25)17-12(2)21-20(26)23-18(17)13-7-6-8-14(11-13)24(27)28/h4-11,17-18H,2-3H2,1H3,(H,22,25)(H2,21,23,26)/t17-,18+/m0/s1. The molecule has 0 bridgehead atoms. The fourth-order valence-corrected chi connectivity index (χ4v) is 3.16. The van der Waals surface area contributed by atoms with Crippen LogP contribution in [0.25, 0.3) is 0 Å². The van der Waals surface area contributed by atoms with Crippen molar-refractivity contribution in [2.75, 3.05) is 11.9 Å². The molecule has 2 aromatic carbocycles. The fourth-order valence-electron chi connectivity index (χ4n) is 3.16. The third kappa shape index (κ3) is 4.34. The van der Waals surface area contributed by atoms with Crippen molar-refractivity contribution in [3.05, 3.63) is 76.5 Å². The maximum atomic E-state index is 13.1. The zero-order valence-corrected chi connectivity index (χ0v) is 15.7. The van der Waals surface area contributed by atoms with Crippen LogP contribution in [0.3, 0.4) is 0 Å². The van der Waals surface area contributed by atoms with E-state index in [0.29, 0.717) is 23.6 Å². The Morgan fingerprint density at radius 1 is 1.28 bits per heavy atom. The molecule has 29 heavy (non-hydrogen) atoms. The molecule has 0 spiro atoms. The topological polar surface area (TPSA) is 123 Å². The second-order valence-corrected chi connectivity index (χ2v) is 6.35. The number of non-ortho nitro benzene ring substituents is 1. The minimum absolute atomic E-state index is 0.137. The zero-order chi connectivity index (χ0) is 21.0. The lowest BCUT2D eigenvalue weighted by atomic mass is 9.88. The Bertz CT molecular complexity index is 975. The number of hydrogen-bond acceptors (Lipinski definition) is 5. The molecule has 1 heterocycles. The lowest BCUT2D eigenvalue weighted by Gasteiger charge is -2.33. The second kappa shape index (κ2) is 8.42. The number of amides is 3. The van der Waals surface area contributed by atoms with Gasteiger partial charge in [-0.05, 0) is 24.6 Å². The van der Waals surface area contributed by atoms with Gasteiger partial charge in [0.05, 0.1) is 23.3 Å². The molecular weight excluding hydrogens is 376 g/mol. The maximum absolute atomic E-state index is 13.1. The van der Waals surface area contributed by atoms with E-state index in [2.05, 4.69) is 22.5 Å². The number of ether oxygens (including phenoxy) is 1. The molecule has 0 aliphatic carbocycles. The smallest absolute Gasteiger partial charge is 0.319 e. The Morgan fingerprint density at radius 2 is 2.03 bits per heavy atom. The molecule has 0 aromatic heterocycles. The number of benzene rings is 2. The maximum Gasteiger partial charge on any atom is 0.319 e. The van der Waals surface area contributed by atoms with Gasteiger partial charge in [0.1, 0.15) is 11.7 Å². The predicted molar refractivity (Wildman–Crippen MR) is 106 cm³/mol. The van der Waals surface area contributed by atoms with Crippen molar-refractivity contribution >= 4 is 23.3 Å². The average Bonchev–Trinajstić information content (AvgIpc) is 2.69. The van der Waals surface area contributed by atoms with E-state index in [4.69, 9.17) is 4.74 Å². The van der Waals surface area contributed by atoms with Gasteiger partial charge in [-0.25, -0.2) is 4.79 Å². The number of carbonyl (C=O) groups excluding carboxylic acids is 2. The molecule has 0 unspecified atom stereocenters. The minimum Gasteiger partial charge on any atom is -0.492 e. The Morgan fingerprint density at radius 3 is 2.76 bits per heavy atom. The molecular formula is C20H20N4O5. The molecule has 1 aliphatic rings. The summed E-state index contributed by atoms with van der Waals surface area (Å²) in [6, 6.07) is 11.4. The Labute approximate surface area is 166 Å². The molecule has 0 saturated carbocycles. The highest BCUT2D eigenvalue weighted by molar-refractivity contribution is 5.98. The molecule has 0 radical (unpaired) electrons. The van der Waals surface area contributed by atoms with Crippen LogP contribution in [0.1, 0.15) is 18.5 Å². The highest BCUT2D eigenvalue weighted by Gasteiger charge is 2.38. The van der Waals surface area contributed by atoms with Crippen LogP contribution < -0.4 is 20.7 Å². The van der Waals surface area contributed by atoms with E-state index >= 15 is 0 Å². The molecule has 3 amide bonds. The quantitative estimate of drug-likeness (QED) is 0.511. The van der Waals surface area contributed by atoms with Crippen LogP contribution in [0.2, 0.25) is 0 Å². The summed E-state index contributed by atoms with van der Waals surface area (Å²) < 4.78 is 5.53. The summed E-state index contributed by atoms with van der Waals surface area (Å²) in [5.74, 6) is -0.829. The minimum atomic E-state index is -0.899. The third-order valence-electron chi connectivity index (χ3n) is 4.44. The summed E-state index contributed by atoms with van der Waals surface area (Å²) >= 11 is 0. The van der Waals surface area contributed by atoms with Crippen LogP contribution in [-0.4, -0.2) is 23.5 Å². The first-order valence-corrected chi connectivity index (χ1v) is 8.94. The number of anilines is 1. The summed E-state index contributed by atoms with van der Waals surface area (Å²) in [6.45, 7) is 6.06. The van der Waals surface area contributed by atoms with Crippen molar-refractivity contribution in [3.8, 4) is 5.75 Å². The van der Waals surface area contributed by atoms with Gasteiger partial charge >= 0.3 is 6.03 Å². The SMILES string of the molecule is C=C1NC(=O)N[C@H](c2cccc([N+](=O)[O-])c2)[C@H]1C(=O)Nc1ccccc1OCC. The van der Waals surface area contributed by atoms with Crippen molar-refractivity contribution in [3.63, 3.8) is 0 Å². The van der Waals surface area contributed by atoms with Crippen molar-refractivity contribution < 1.29 is 19.2 Å². The molecule has 9 nitrogen and oxygen atoms in total. The molecule has 3 N–H and O–H groups in total. The largest absolute Gasteiger partial charge is 0.492 e. The first-order valence-electron chi connectivity index (χ1n) is 8.94. The number of nitrogens with one attached hydrogen (secondary N) is 3. The van der Waals surface area contributed by atoms with E-state index in [0.717, 1.165) is 0 Å². The van der Waals surface area contributed by atoms with Crippen LogP contribution in [0.15, 0.2) is 60.8 Å². The summed E-state index contributed by atoms with van der Waals surface area (Å²) in [5.41, 5.74) is 0.952. The summed E-state index contributed by atoms with van der Waals surface area (Å²) in [5, 5.41) is 19.1. The van der Waals surface area contributed by atoms with Gasteiger partial charge in [-0.1, -0.05) is 30.8 Å². The normalized spacial score (nSPS) is 18.4. The summed E-state index contributed by atoms with van der Waals surface area (Å²) in [7, 11) is 0. The van der Waals surface area contributed by atoms with Crippen LogP contribution in [0.5, 0.6) is 5.75 Å². The van der Waals surface area contributed by atoms with E-state index in [1.54, 1.807) is 30.3 Å². The Hall–Kier alpha value is -3.88. The third-order valence-corrected chi connectivity index (χ3v) is 4.44. The molecule has 2 atom stereocenters. The van der Waals surface area contributed by atoms with Crippen LogP contribution in [0.4, 0.5) is 16.2 Å². The van der Waals surface area contributed by atoms with Gasteiger partial charge in [0.2, 0.25) is 5.91 Å². The monoisotopic (exact) mass is 396 g/mol. The van der Waals surface area contributed by atoms with Gasteiger partial charge in [-0.3, -0.25) is 14.9 Å². The van der Waals surface area contributed by atoms with Crippen molar-refractivity contribution in [2.24, 2.45) is 5.92 Å². The summed E-state index contributed by atoms with van der Waals surface area (Å²) in [4.78, 5) is 35.6. The van der Waals surface area contributed by atoms with E-state index < -0.39 is 28.8 Å². The average molecular weight is 396 g/mol. The highest BCUT2D eigenvalue weighted by Crippen LogP contribution is 2.33. The molecule has 2 aromatic rings. The number of nitro benzene ring substituents is 1. The molecule has 150 valence electrons. The molecule has 1 aliphatic heterocycles. The van der Waals surface area contributed by atoms with Gasteiger partial charge in [0, 0.05) is 17.8 Å². The van der Waals surface area contributed by atoms with E-state index in [9.17, 15) is 19.7 Å². The van der Waals surface area contributed by atoms with Gasteiger partial charge in [-0.2, -0.15) is 0 Å². The van der Waals surface area contributed by atoms with Crippen molar-refractivity contribution in [2.45, 2.75) is 13.0 Å². The van der Waals surface area contributed by atoms with Crippen molar-refractivity contribution in [1.29, 1.82) is 0 Å². The zero-order valence-electron chi connectivity index (χ0n) is 15.7.